The lowest BCUT2D eigenvalue weighted by atomic mass is 10.3. The number of hydrogen-bond donors (Lipinski definition) is 0. The lowest BCUT2D eigenvalue weighted by Crippen LogP contribution is -1.74. The Morgan fingerprint density at radius 1 is 1.56 bits per heavy atom. The van der Waals surface area contributed by atoms with E-state index in [4.69, 9.17) is 4.42 Å². The molecular weight excluding hydrogens is 132 g/mol. The van der Waals surface area contributed by atoms with E-state index in [2.05, 4.69) is 13.2 Å². The smallest absolute Gasteiger partial charge is 0.104 e. The van der Waals surface area contributed by atoms with Gasteiger partial charge >= 0.3 is 0 Å². The zero-order valence-electron chi connectivity index (χ0n) is 5.68. The maximum absolute atomic E-state index is 5.01. The van der Waals surface area contributed by atoms with Gasteiger partial charge in [0.05, 0.1) is 6.26 Å². The SMILES string of the molecule is CCc1cocc1SC. The van der Waals surface area contributed by atoms with Crippen LogP contribution in [0.5, 0.6) is 0 Å². The molecule has 0 saturated heterocycles. The summed E-state index contributed by atoms with van der Waals surface area (Å²) in [5.74, 6) is 0. The van der Waals surface area contributed by atoms with Crippen molar-refractivity contribution in [3.05, 3.63) is 18.1 Å². The third kappa shape index (κ3) is 1.30. The van der Waals surface area contributed by atoms with Crippen LogP contribution in [0.2, 0.25) is 0 Å². The van der Waals surface area contributed by atoms with Crippen LogP contribution in [0.1, 0.15) is 12.5 Å². The summed E-state index contributed by atoms with van der Waals surface area (Å²) in [6, 6.07) is 0. The summed E-state index contributed by atoms with van der Waals surface area (Å²) in [5.41, 5.74) is 1.31. The molecule has 0 amide bonds. The van der Waals surface area contributed by atoms with Gasteiger partial charge in [0.25, 0.3) is 0 Å². The first-order chi connectivity index (χ1) is 4.38. The van der Waals surface area contributed by atoms with Crippen LogP contribution in [0, 0.1) is 0 Å². The van der Waals surface area contributed by atoms with Crippen molar-refractivity contribution in [3.63, 3.8) is 0 Å². The third-order valence-electron chi connectivity index (χ3n) is 1.30. The fraction of sp³-hybridized carbons (Fsp3) is 0.429. The number of hydrogen-bond acceptors (Lipinski definition) is 2. The summed E-state index contributed by atoms with van der Waals surface area (Å²) in [6.07, 6.45) is 6.73. The van der Waals surface area contributed by atoms with Crippen LogP contribution in [0.3, 0.4) is 0 Å². The summed E-state index contributed by atoms with van der Waals surface area (Å²) >= 11 is 1.73. The molecule has 0 aliphatic carbocycles. The Hall–Kier alpha value is -0.370. The second-order valence-corrected chi connectivity index (χ2v) is 2.67. The Morgan fingerprint density at radius 3 is 2.78 bits per heavy atom. The first-order valence-corrected chi connectivity index (χ1v) is 4.20. The second-order valence-electron chi connectivity index (χ2n) is 1.82. The topological polar surface area (TPSA) is 13.1 Å². The van der Waals surface area contributed by atoms with Crippen molar-refractivity contribution in [2.45, 2.75) is 18.2 Å². The highest BCUT2D eigenvalue weighted by atomic mass is 32.2. The number of rotatable bonds is 2. The van der Waals surface area contributed by atoms with Gasteiger partial charge in [0, 0.05) is 10.5 Å². The highest BCUT2D eigenvalue weighted by molar-refractivity contribution is 7.98. The molecule has 0 aliphatic rings. The first-order valence-electron chi connectivity index (χ1n) is 2.97. The van der Waals surface area contributed by atoms with Gasteiger partial charge in [-0.2, -0.15) is 0 Å². The molecule has 0 radical (unpaired) electrons. The Balaban J connectivity index is 2.85. The number of thioether (sulfide) groups is 1. The van der Waals surface area contributed by atoms with Gasteiger partial charge in [0.15, 0.2) is 0 Å². The average Bonchev–Trinajstić information content (AvgIpc) is 2.33. The molecule has 0 N–H and O–H groups in total. The predicted molar refractivity (Wildman–Crippen MR) is 39.9 cm³/mol. The Kier molecular flexibility index (Phi) is 2.22. The number of aryl methyl sites for hydroxylation is 1. The van der Waals surface area contributed by atoms with Gasteiger partial charge in [0.1, 0.15) is 6.26 Å². The van der Waals surface area contributed by atoms with E-state index < -0.39 is 0 Å². The van der Waals surface area contributed by atoms with E-state index in [-0.39, 0.29) is 0 Å². The van der Waals surface area contributed by atoms with Crippen molar-refractivity contribution in [2.75, 3.05) is 6.26 Å². The molecule has 0 spiro atoms. The normalized spacial score (nSPS) is 10.0. The van der Waals surface area contributed by atoms with E-state index in [0.29, 0.717) is 0 Å². The Morgan fingerprint density at radius 2 is 2.33 bits per heavy atom. The summed E-state index contributed by atoms with van der Waals surface area (Å²) in [5, 5.41) is 0. The van der Waals surface area contributed by atoms with Crippen LogP contribution < -0.4 is 0 Å². The minimum atomic E-state index is 1.06. The molecule has 1 rings (SSSR count). The summed E-state index contributed by atoms with van der Waals surface area (Å²) in [6.45, 7) is 2.13. The van der Waals surface area contributed by atoms with E-state index in [1.54, 1.807) is 18.0 Å². The van der Waals surface area contributed by atoms with Crippen LogP contribution in [-0.4, -0.2) is 6.26 Å². The van der Waals surface area contributed by atoms with Gasteiger partial charge in [-0.1, -0.05) is 6.92 Å². The fourth-order valence-electron chi connectivity index (χ4n) is 0.748. The van der Waals surface area contributed by atoms with Crippen molar-refractivity contribution in [3.8, 4) is 0 Å². The zero-order valence-corrected chi connectivity index (χ0v) is 6.49. The molecule has 0 fully saturated rings. The Bertz CT molecular complexity index is 162. The highest BCUT2D eigenvalue weighted by Crippen LogP contribution is 2.20. The lowest BCUT2D eigenvalue weighted by Gasteiger charge is -1.90. The maximum atomic E-state index is 5.01. The summed E-state index contributed by atoms with van der Waals surface area (Å²) in [7, 11) is 0. The zero-order chi connectivity index (χ0) is 6.69. The molecule has 1 heterocycles. The van der Waals surface area contributed by atoms with E-state index in [1.165, 1.54) is 10.5 Å². The molecule has 50 valence electrons. The van der Waals surface area contributed by atoms with Gasteiger partial charge < -0.3 is 4.42 Å². The van der Waals surface area contributed by atoms with Crippen molar-refractivity contribution < 1.29 is 4.42 Å². The first kappa shape index (κ1) is 6.75. The minimum Gasteiger partial charge on any atom is -0.471 e. The van der Waals surface area contributed by atoms with Gasteiger partial charge in [0.2, 0.25) is 0 Å². The largest absolute Gasteiger partial charge is 0.471 e. The van der Waals surface area contributed by atoms with Crippen LogP contribution >= 0.6 is 11.8 Å². The standard InChI is InChI=1S/C7H10OS/c1-3-6-4-8-5-7(6)9-2/h4-5H,3H2,1-2H3. The molecular formula is C7H10OS. The summed E-state index contributed by atoms with van der Waals surface area (Å²) < 4.78 is 5.01. The minimum absolute atomic E-state index is 1.06. The second kappa shape index (κ2) is 2.97. The van der Waals surface area contributed by atoms with Crippen molar-refractivity contribution >= 4 is 11.8 Å². The average molecular weight is 142 g/mol. The number of furan rings is 1. The molecule has 0 saturated carbocycles. The van der Waals surface area contributed by atoms with Crippen LogP contribution in [-0.2, 0) is 6.42 Å². The van der Waals surface area contributed by atoms with Crippen molar-refractivity contribution in [1.29, 1.82) is 0 Å². The van der Waals surface area contributed by atoms with Gasteiger partial charge in [-0.05, 0) is 12.7 Å². The lowest BCUT2D eigenvalue weighted by molar-refractivity contribution is 0.560. The fourth-order valence-corrected chi connectivity index (χ4v) is 1.35. The van der Waals surface area contributed by atoms with E-state index in [9.17, 15) is 0 Å². The van der Waals surface area contributed by atoms with E-state index in [0.717, 1.165) is 6.42 Å². The van der Waals surface area contributed by atoms with E-state index in [1.807, 2.05) is 6.26 Å². The molecule has 0 aromatic carbocycles. The van der Waals surface area contributed by atoms with Gasteiger partial charge in [-0.25, -0.2) is 0 Å². The van der Waals surface area contributed by atoms with Crippen LogP contribution in [0.15, 0.2) is 21.8 Å². The Labute approximate surface area is 59.4 Å². The maximum Gasteiger partial charge on any atom is 0.104 e. The molecule has 1 aromatic rings. The monoisotopic (exact) mass is 142 g/mol. The molecule has 1 nitrogen and oxygen atoms in total. The molecule has 2 heteroatoms. The van der Waals surface area contributed by atoms with Gasteiger partial charge in [-0.3, -0.25) is 0 Å². The quantitative estimate of drug-likeness (QED) is 0.589. The molecule has 0 bridgehead atoms. The molecule has 0 unspecified atom stereocenters. The molecule has 0 aliphatic heterocycles. The summed E-state index contributed by atoms with van der Waals surface area (Å²) in [4.78, 5) is 1.26. The van der Waals surface area contributed by atoms with E-state index >= 15 is 0 Å². The molecule has 9 heavy (non-hydrogen) atoms. The van der Waals surface area contributed by atoms with Crippen LogP contribution in [0.4, 0.5) is 0 Å². The molecule has 0 atom stereocenters. The van der Waals surface area contributed by atoms with Crippen molar-refractivity contribution in [2.24, 2.45) is 0 Å². The van der Waals surface area contributed by atoms with Crippen LogP contribution in [0.25, 0.3) is 0 Å². The van der Waals surface area contributed by atoms with Crippen molar-refractivity contribution in [1.82, 2.24) is 0 Å². The predicted octanol–water partition coefficient (Wildman–Crippen LogP) is 2.56. The third-order valence-corrected chi connectivity index (χ3v) is 2.10. The highest BCUT2D eigenvalue weighted by Gasteiger charge is 1.99. The van der Waals surface area contributed by atoms with Gasteiger partial charge in [-0.15, -0.1) is 11.8 Å². The molecule has 1 aromatic heterocycles.